The van der Waals surface area contributed by atoms with Gasteiger partial charge in [-0.05, 0) is 51.4 Å². The minimum Gasteiger partial charge on any atom is -0.119 e. The van der Waals surface area contributed by atoms with Crippen molar-refractivity contribution in [1.29, 1.82) is 0 Å². The third-order valence-corrected chi connectivity index (χ3v) is 6.66. The summed E-state index contributed by atoms with van der Waals surface area (Å²) >= 11 is 0. The van der Waals surface area contributed by atoms with Gasteiger partial charge in [-0.25, -0.2) is 0 Å². The second kappa shape index (κ2) is 16.3. The molecular weight excluding hydrogens is 456 g/mol. The zero-order valence-electron chi connectivity index (χ0n) is 25.4. The predicted molar refractivity (Wildman–Crippen MR) is 172 cm³/mol. The fraction of sp³-hybridized carbons (Fsp3) is 0.316. The fourth-order valence-electron chi connectivity index (χ4n) is 5.02. The van der Waals surface area contributed by atoms with Crippen molar-refractivity contribution in [2.75, 3.05) is 0 Å². The standard InChI is InChI=1S/C16H12.C14H12.4C2H6/c1-3-16(2)14-10-6-4-8-12(14)13-9-5-7-11-15(13)16;1-10-11-6-2-4-8-13(11)14-9-5-3-7-12(10)14;4*1-2/h1,4-11H,2H3;2-10H,1H3;4*1-2H3. The van der Waals surface area contributed by atoms with Gasteiger partial charge >= 0.3 is 0 Å². The summed E-state index contributed by atoms with van der Waals surface area (Å²) in [5.41, 5.74) is 10.5. The Morgan fingerprint density at radius 1 is 0.500 bits per heavy atom. The maximum Gasteiger partial charge on any atom is 0.0793 e. The minimum absolute atomic E-state index is 0.271. The van der Waals surface area contributed by atoms with Gasteiger partial charge in [0.2, 0.25) is 0 Å². The van der Waals surface area contributed by atoms with Gasteiger partial charge in [0.25, 0.3) is 0 Å². The van der Waals surface area contributed by atoms with Crippen LogP contribution in [-0.4, -0.2) is 0 Å². The molecule has 0 nitrogen and oxygen atoms in total. The van der Waals surface area contributed by atoms with E-state index in [1.54, 1.807) is 0 Å². The number of hydrogen-bond donors (Lipinski definition) is 0. The monoisotopic (exact) mass is 504 g/mol. The summed E-state index contributed by atoms with van der Waals surface area (Å²) in [7, 11) is 0. The first-order valence-electron chi connectivity index (χ1n) is 14.5. The molecule has 0 saturated carbocycles. The SMILES string of the molecule is C#CC1(C)c2ccccc2-c2ccccc21.CC.CC.CC.CC.CC1c2ccccc2-c2ccccc21. The quantitative estimate of drug-likeness (QED) is 0.209. The average molecular weight is 505 g/mol. The van der Waals surface area contributed by atoms with Crippen molar-refractivity contribution in [3.63, 3.8) is 0 Å². The van der Waals surface area contributed by atoms with Gasteiger partial charge in [-0.15, -0.1) is 6.42 Å². The second-order valence-electron chi connectivity index (χ2n) is 8.26. The molecule has 0 bridgehead atoms. The molecule has 0 aromatic heterocycles. The first kappa shape index (κ1) is 32.5. The Bertz CT molecular complexity index is 1190. The van der Waals surface area contributed by atoms with Gasteiger partial charge in [0, 0.05) is 5.92 Å². The molecule has 200 valence electrons. The van der Waals surface area contributed by atoms with Crippen LogP contribution in [0.3, 0.4) is 0 Å². The molecule has 0 radical (unpaired) electrons. The molecule has 0 atom stereocenters. The summed E-state index contributed by atoms with van der Waals surface area (Å²) in [4.78, 5) is 0. The van der Waals surface area contributed by atoms with Crippen molar-refractivity contribution < 1.29 is 0 Å². The third-order valence-electron chi connectivity index (χ3n) is 6.66. The third kappa shape index (κ3) is 6.28. The molecule has 0 heterocycles. The maximum atomic E-state index is 5.75. The van der Waals surface area contributed by atoms with E-state index in [4.69, 9.17) is 6.42 Å². The van der Waals surface area contributed by atoms with E-state index < -0.39 is 0 Å². The van der Waals surface area contributed by atoms with Crippen molar-refractivity contribution in [3.8, 4) is 34.6 Å². The molecule has 4 aromatic carbocycles. The summed E-state index contributed by atoms with van der Waals surface area (Å²) in [5, 5.41) is 0. The molecule has 2 aliphatic rings. The summed E-state index contributed by atoms with van der Waals surface area (Å²) in [6.45, 7) is 20.4. The highest BCUT2D eigenvalue weighted by Gasteiger charge is 2.37. The van der Waals surface area contributed by atoms with E-state index in [0.717, 1.165) is 0 Å². The molecule has 6 rings (SSSR count). The highest BCUT2D eigenvalue weighted by Crippen LogP contribution is 2.48. The van der Waals surface area contributed by atoms with Gasteiger partial charge in [-0.3, -0.25) is 0 Å². The van der Waals surface area contributed by atoms with E-state index in [9.17, 15) is 0 Å². The van der Waals surface area contributed by atoms with Gasteiger partial charge < -0.3 is 0 Å². The summed E-state index contributed by atoms with van der Waals surface area (Å²) in [5.74, 6) is 3.51. The van der Waals surface area contributed by atoms with E-state index >= 15 is 0 Å². The van der Waals surface area contributed by atoms with Crippen LogP contribution >= 0.6 is 0 Å². The lowest BCUT2D eigenvalue weighted by Crippen LogP contribution is -2.17. The summed E-state index contributed by atoms with van der Waals surface area (Å²) in [6, 6.07) is 34.2. The largest absolute Gasteiger partial charge is 0.119 e. The van der Waals surface area contributed by atoms with Gasteiger partial charge in [0.1, 0.15) is 0 Å². The van der Waals surface area contributed by atoms with Gasteiger partial charge in [-0.1, -0.05) is 165 Å². The molecular formula is C38H48. The van der Waals surface area contributed by atoms with Crippen LogP contribution in [0.5, 0.6) is 0 Å². The molecule has 0 amide bonds. The number of benzene rings is 4. The van der Waals surface area contributed by atoms with E-state index in [-0.39, 0.29) is 5.41 Å². The molecule has 0 heteroatoms. The first-order chi connectivity index (χ1) is 18.6. The van der Waals surface area contributed by atoms with Crippen LogP contribution in [0.1, 0.15) is 97.4 Å². The predicted octanol–water partition coefficient (Wildman–Crippen LogP) is 11.5. The first-order valence-corrected chi connectivity index (χ1v) is 14.5. The van der Waals surface area contributed by atoms with Crippen molar-refractivity contribution >= 4 is 0 Å². The van der Waals surface area contributed by atoms with Gasteiger partial charge in [0.05, 0.1) is 5.41 Å². The Balaban J connectivity index is 0.000000303. The number of rotatable bonds is 0. The highest BCUT2D eigenvalue weighted by molar-refractivity contribution is 5.82. The molecule has 0 fully saturated rings. The van der Waals surface area contributed by atoms with E-state index in [2.05, 4.69) is 117 Å². The lowest BCUT2D eigenvalue weighted by atomic mass is 9.81. The van der Waals surface area contributed by atoms with Crippen molar-refractivity contribution in [2.45, 2.75) is 80.6 Å². The molecule has 38 heavy (non-hydrogen) atoms. The van der Waals surface area contributed by atoms with Crippen LogP contribution in [0.25, 0.3) is 22.3 Å². The highest BCUT2D eigenvalue weighted by atomic mass is 14.4. The van der Waals surface area contributed by atoms with Crippen LogP contribution in [-0.2, 0) is 5.41 Å². The number of fused-ring (bicyclic) bond motifs is 6. The Labute approximate surface area is 234 Å². The van der Waals surface area contributed by atoms with E-state index in [1.165, 1.54) is 44.5 Å². The molecule has 0 aliphatic heterocycles. The van der Waals surface area contributed by atoms with E-state index in [0.29, 0.717) is 5.92 Å². The normalized spacial score (nSPS) is 12.0. The zero-order chi connectivity index (χ0) is 28.7. The molecule has 0 spiro atoms. The summed E-state index contributed by atoms with van der Waals surface area (Å²) in [6.07, 6.45) is 5.75. The Morgan fingerprint density at radius 2 is 0.789 bits per heavy atom. The lowest BCUT2D eigenvalue weighted by molar-refractivity contribution is 0.779. The number of terminal acetylenes is 1. The number of hydrogen-bond acceptors (Lipinski definition) is 0. The smallest absolute Gasteiger partial charge is 0.0793 e. The second-order valence-corrected chi connectivity index (χ2v) is 8.26. The van der Waals surface area contributed by atoms with Crippen molar-refractivity contribution in [3.05, 3.63) is 119 Å². The Hall–Kier alpha value is -3.56. The van der Waals surface area contributed by atoms with Crippen molar-refractivity contribution in [1.82, 2.24) is 0 Å². The van der Waals surface area contributed by atoms with Crippen LogP contribution in [0.15, 0.2) is 97.1 Å². The summed E-state index contributed by atoms with van der Waals surface area (Å²) < 4.78 is 0. The van der Waals surface area contributed by atoms with Crippen LogP contribution < -0.4 is 0 Å². The fourth-order valence-corrected chi connectivity index (χ4v) is 5.02. The molecule has 0 N–H and O–H groups in total. The molecule has 0 unspecified atom stereocenters. The molecule has 0 saturated heterocycles. The average Bonchev–Trinajstić information content (AvgIpc) is 3.47. The Kier molecular flexibility index (Phi) is 13.9. The Morgan fingerprint density at radius 3 is 1.13 bits per heavy atom. The van der Waals surface area contributed by atoms with Crippen molar-refractivity contribution in [2.24, 2.45) is 0 Å². The van der Waals surface area contributed by atoms with Gasteiger partial charge in [-0.2, -0.15) is 0 Å². The minimum atomic E-state index is -0.271. The van der Waals surface area contributed by atoms with Crippen LogP contribution in [0.4, 0.5) is 0 Å². The molecule has 2 aliphatic carbocycles. The van der Waals surface area contributed by atoms with Crippen LogP contribution in [0, 0.1) is 12.3 Å². The van der Waals surface area contributed by atoms with Gasteiger partial charge in [0.15, 0.2) is 0 Å². The lowest BCUT2D eigenvalue weighted by Gasteiger charge is -2.19. The maximum absolute atomic E-state index is 5.75. The zero-order valence-corrected chi connectivity index (χ0v) is 25.4. The van der Waals surface area contributed by atoms with Crippen LogP contribution in [0.2, 0.25) is 0 Å². The molecule has 4 aromatic rings. The topological polar surface area (TPSA) is 0 Å². The van der Waals surface area contributed by atoms with E-state index in [1.807, 2.05) is 55.4 Å².